The molecule has 1 aliphatic heterocycles. The summed E-state index contributed by atoms with van der Waals surface area (Å²) in [6.45, 7) is 0.314. The van der Waals surface area contributed by atoms with Crippen LogP contribution in [0.25, 0.3) is 0 Å². The summed E-state index contributed by atoms with van der Waals surface area (Å²) in [4.78, 5) is 22.3. The number of benzene rings is 1. The van der Waals surface area contributed by atoms with Crippen molar-refractivity contribution in [1.82, 2.24) is 10.6 Å². The molecule has 1 aromatic carbocycles. The third kappa shape index (κ3) is 4.42. The molecular formula is C14H17FN2O4. The molecule has 1 fully saturated rings. The first-order valence-corrected chi connectivity index (χ1v) is 6.69. The van der Waals surface area contributed by atoms with E-state index in [2.05, 4.69) is 10.6 Å². The van der Waals surface area contributed by atoms with Gasteiger partial charge in [0.2, 0.25) is 0 Å². The molecule has 0 aliphatic carbocycles. The minimum absolute atomic E-state index is 0.0851. The second-order valence-electron chi connectivity index (χ2n) is 4.82. The van der Waals surface area contributed by atoms with E-state index in [-0.39, 0.29) is 25.0 Å². The first kappa shape index (κ1) is 15.2. The first-order valence-electron chi connectivity index (χ1n) is 6.69. The quantitative estimate of drug-likeness (QED) is 0.763. The van der Waals surface area contributed by atoms with Gasteiger partial charge in [0.15, 0.2) is 6.10 Å². The fourth-order valence-corrected chi connectivity index (χ4v) is 2.12. The molecule has 1 aromatic rings. The van der Waals surface area contributed by atoms with E-state index in [0.717, 1.165) is 0 Å². The molecule has 2 amide bonds. The minimum Gasteiger partial charge on any atom is -0.479 e. The lowest BCUT2D eigenvalue weighted by atomic mass is 10.2. The Morgan fingerprint density at radius 3 is 2.71 bits per heavy atom. The molecule has 0 radical (unpaired) electrons. The molecule has 1 saturated heterocycles. The average molecular weight is 296 g/mol. The lowest BCUT2D eigenvalue weighted by molar-refractivity contribution is -0.149. The van der Waals surface area contributed by atoms with E-state index in [4.69, 9.17) is 9.84 Å². The van der Waals surface area contributed by atoms with Crippen molar-refractivity contribution < 1.29 is 23.8 Å². The number of hydrogen-bond acceptors (Lipinski definition) is 3. The van der Waals surface area contributed by atoms with Crippen molar-refractivity contribution in [3.05, 3.63) is 35.6 Å². The number of urea groups is 1. The molecule has 2 atom stereocenters. The van der Waals surface area contributed by atoms with E-state index >= 15 is 0 Å². The van der Waals surface area contributed by atoms with Crippen molar-refractivity contribution in [1.29, 1.82) is 0 Å². The van der Waals surface area contributed by atoms with Gasteiger partial charge in [0, 0.05) is 18.7 Å². The fourth-order valence-electron chi connectivity index (χ4n) is 2.12. The number of rotatable bonds is 5. The van der Waals surface area contributed by atoms with E-state index in [1.54, 1.807) is 18.2 Å². The van der Waals surface area contributed by atoms with Crippen molar-refractivity contribution in [2.24, 2.45) is 0 Å². The van der Waals surface area contributed by atoms with Crippen LogP contribution in [-0.2, 0) is 16.1 Å². The van der Waals surface area contributed by atoms with E-state index in [0.29, 0.717) is 18.4 Å². The molecule has 0 spiro atoms. The van der Waals surface area contributed by atoms with Gasteiger partial charge in [-0.25, -0.2) is 14.0 Å². The van der Waals surface area contributed by atoms with E-state index in [1.165, 1.54) is 6.07 Å². The summed E-state index contributed by atoms with van der Waals surface area (Å²) in [5, 5.41) is 13.9. The molecule has 0 bridgehead atoms. The van der Waals surface area contributed by atoms with Crippen LogP contribution >= 0.6 is 0 Å². The standard InChI is InChI=1S/C14H17FN2O4/c15-11-4-2-1-3-9(11)7-16-14(20)17-8-10-5-6-12(21-10)13(18)19/h1-4,10,12H,5-8H2,(H,18,19)(H2,16,17,20). The number of ether oxygens (including phenoxy) is 1. The highest BCUT2D eigenvalue weighted by Crippen LogP contribution is 2.19. The van der Waals surface area contributed by atoms with E-state index in [1.807, 2.05) is 0 Å². The second kappa shape index (κ2) is 7.03. The number of nitrogens with one attached hydrogen (secondary N) is 2. The number of hydrogen-bond donors (Lipinski definition) is 3. The van der Waals surface area contributed by atoms with Gasteiger partial charge in [0.1, 0.15) is 5.82 Å². The predicted molar refractivity (Wildman–Crippen MR) is 72.2 cm³/mol. The molecule has 6 nitrogen and oxygen atoms in total. The third-order valence-electron chi connectivity index (χ3n) is 3.27. The maximum Gasteiger partial charge on any atom is 0.332 e. The van der Waals surface area contributed by atoms with Crippen molar-refractivity contribution in [2.75, 3.05) is 6.54 Å². The highest BCUT2D eigenvalue weighted by atomic mass is 19.1. The highest BCUT2D eigenvalue weighted by molar-refractivity contribution is 5.74. The summed E-state index contributed by atoms with van der Waals surface area (Å²) < 4.78 is 18.6. The second-order valence-corrected chi connectivity index (χ2v) is 4.82. The Bertz CT molecular complexity index is 523. The number of aliphatic carboxylic acids is 1. The predicted octanol–water partition coefficient (Wildman–Crippen LogP) is 1.26. The molecule has 21 heavy (non-hydrogen) atoms. The molecule has 1 heterocycles. The van der Waals surface area contributed by atoms with Crippen LogP contribution < -0.4 is 10.6 Å². The lowest BCUT2D eigenvalue weighted by Gasteiger charge is -2.13. The Labute approximate surface area is 121 Å². The number of amides is 2. The summed E-state index contributed by atoms with van der Waals surface area (Å²) in [6, 6.07) is 5.74. The van der Waals surface area contributed by atoms with Gasteiger partial charge in [-0.2, -0.15) is 0 Å². The monoisotopic (exact) mass is 296 g/mol. The summed E-state index contributed by atoms with van der Waals surface area (Å²) in [5.41, 5.74) is 0.399. The Morgan fingerprint density at radius 1 is 1.29 bits per heavy atom. The molecule has 2 unspecified atom stereocenters. The Balaban J connectivity index is 1.69. The van der Waals surface area contributed by atoms with Crippen molar-refractivity contribution in [3.8, 4) is 0 Å². The summed E-state index contributed by atoms with van der Waals surface area (Å²) >= 11 is 0. The maximum atomic E-state index is 13.3. The van der Waals surface area contributed by atoms with Gasteiger partial charge in [-0.3, -0.25) is 0 Å². The summed E-state index contributed by atoms with van der Waals surface area (Å²) in [7, 11) is 0. The smallest absolute Gasteiger partial charge is 0.332 e. The van der Waals surface area contributed by atoms with Crippen LogP contribution in [-0.4, -0.2) is 35.9 Å². The molecule has 3 N–H and O–H groups in total. The van der Waals surface area contributed by atoms with Gasteiger partial charge in [-0.15, -0.1) is 0 Å². The molecule has 0 aromatic heterocycles. The maximum absolute atomic E-state index is 13.3. The van der Waals surface area contributed by atoms with Gasteiger partial charge in [-0.05, 0) is 18.9 Å². The fraction of sp³-hybridized carbons (Fsp3) is 0.429. The zero-order chi connectivity index (χ0) is 15.2. The molecule has 7 heteroatoms. The number of carboxylic acid groups (broad SMARTS) is 1. The first-order chi connectivity index (χ1) is 10.1. The van der Waals surface area contributed by atoms with Gasteiger partial charge in [0.25, 0.3) is 0 Å². The van der Waals surface area contributed by atoms with Crippen LogP contribution in [0.4, 0.5) is 9.18 Å². The SMILES string of the molecule is O=C(NCc1ccccc1F)NCC1CCC(C(=O)O)O1. The van der Waals surface area contributed by atoms with Gasteiger partial charge < -0.3 is 20.5 Å². The van der Waals surface area contributed by atoms with Crippen LogP contribution in [0.2, 0.25) is 0 Å². The molecule has 2 rings (SSSR count). The van der Waals surface area contributed by atoms with E-state index in [9.17, 15) is 14.0 Å². The zero-order valence-electron chi connectivity index (χ0n) is 11.3. The van der Waals surface area contributed by atoms with E-state index < -0.39 is 18.1 Å². The average Bonchev–Trinajstić information content (AvgIpc) is 2.93. The normalized spacial score (nSPS) is 21.0. The Kier molecular flexibility index (Phi) is 5.10. The minimum atomic E-state index is -0.985. The van der Waals surface area contributed by atoms with Gasteiger partial charge >= 0.3 is 12.0 Å². The summed E-state index contributed by atoms with van der Waals surface area (Å²) in [6.07, 6.45) is -0.0631. The largest absolute Gasteiger partial charge is 0.479 e. The number of carboxylic acids is 1. The number of carbonyl (C=O) groups is 2. The third-order valence-corrected chi connectivity index (χ3v) is 3.27. The van der Waals surface area contributed by atoms with Crippen LogP contribution in [0.5, 0.6) is 0 Å². The van der Waals surface area contributed by atoms with Crippen LogP contribution in [0.1, 0.15) is 18.4 Å². The molecular weight excluding hydrogens is 279 g/mol. The van der Waals surface area contributed by atoms with Crippen LogP contribution in [0.3, 0.4) is 0 Å². The lowest BCUT2D eigenvalue weighted by Crippen LogP contribution is -2.39. The van der Waals surface area contributed by atoms with Crippen LogP contribution in [0.15, 0.2) is 24.3 Å². The Hall–Kier alpha value is -2.15. The van der Waals surface area contributed by atoms with Crippen molar-refractivity contribution >= 4 is 12.0 Å². The molecule has 1 aliphatic rings. The van der Waals surface area contributed by atoms with Crippen molar-refractivity contribution in [2.45, 2.75) is 31.6 Å². The van der Waals surface area contributed by atoms with Gasteiger partial charge in [-0.1, -0.05) is 18.2 Å². The number of halogens is 1. The molecule has 0 saturated carbocycles. The summed E-state index contributed by atoms with van der Waals surface area (Å²) in [5.74, 6) is -1.36. The van der Waals surface area contributed by atoms with Crippen LogP contribution in [0, 0.1) is 5.82 Å². The zero-order valence-corrected chi connectivity index (χ0v) is 11.3. The topological polar surface area (TPSA) is 87.7 Å². The highest BCUT2D eigenvalue weighted by Gasteiger charge is 2.30. The van der Waals surface area contributed by atoms with Crippen molar-refractivity contribution in [3.63, 3.8) is 0 Å². The Morgan fingerprint density at radius 2 is 2.05 bits per heavy atom. The number of carbonyl (C=O) groups excluding carboxylic acids is 1. The molecule has 114 valence electrons. The van der Waals surface area contributed by atoms with Gasteiger partial charge in [0.05, 0.1) is 6.10 Å².